The highest BCUT2D eigenvalue weighted by atomic mass is 35.5. The molecule has 148 valence electrons. The maximum absolute atomic E-state index is 12.6. The van der Waals surface area contributed by atoms with Gasteiger partial charge >= 0.3 is 11.9 Å². The summed E-state index contributed by atoms with van der Waals surface area (Å²) in [7, 11) is 0. The minimum atomic E-state index is -0.540. The Labute approximate surface area is 173 Å². The van der Waals surface area contributed by atoms with Gasteiger partial charge in [-0.15, -0.1) is 0 Å². The molecular weight excluding hydrogens is 401 g/mol. The molecule has 0 unspecified atom stereocenters. The molecule has 2 heterocycles. The van der Waals surface area contributed by atoms with Crippen LogP contribution >= 0.6 is 23.2 Å². The standard InChI is InChI=1S/C21H21Cl2NO4/c1-10-12-6-14-11(2)16(4-5-21(14,3)8-17(12)28-19(10)25)27-20(26)13-9-24-18(23)7-15(13)22/h7,9,12,14,16-17H,1-2,4-6,8H2,3H3/t12-,14+,16-,17-,21-/m1/s1. The van der Waals surface area contributed by atoms with Crippen molar-refractivity contribution in [3.05, 3.63) is 52.3 Å². The molecule has 0 radical (unpaired) electrons. The van der Waals surface area contributed by atoms with Gasteiger partial charge < -0.3 is 9.47 Å². The van der Waals surface area contributed by atoms with E-state index >= 15 is 0 Å². The first-order valence-electron chi connectivity index (χ1n) is 9.30. The molecular formula is C21H21Cl2NO4. The Hall–Kier alpha value is -1.85. The van der Waals surface area contributed by atoms with Gasteiger partial charge in [-0.3, -0.25) is 0 Å². The minimum absolute atomic E-state index is 0.00619. The summed E-state index contributed by atoms with van der Waals surface area (Å²) in [4.78, 5) is 28.4. The maximum Gasteiger partial charge on any atom is 0.341 e. The van der Waals surface area contributed by atoms with E-state index in [9.17, 15) is 9.59 Å². The van der Waals surface area contributed by atoms with Gasteiger partial charge in [-0.05, 0) is 48.7 Å². The molecule has 0 N–H and O–H groups in total. The molecule has 0 bridgehead atoms. The number of fused-ring (bicyclic) bond motifs is 2. The Balaban J connectivity index is 1.51. The van der Waals surface area contributed by atoms with Gasteiger partial charge in [0, 0.05) is 17.7 Å². The van der Waals surface area contributed by atoms with Gasteiger partial charge in [0.1, 0.15) is 17.4 Å². The van der Waals surface area contributed by atoms with Crippen LogP contribution in [0.5, 0.6) is 0 Å². The van der Waals surface area contributed by atoms with E-state index in [1.807, 2.05) is 0 Å². The second-order valence-electron chi connectivity index (χ2n) is 8.22. The molecule has 28 heavy (non-hydrogen) atoms. The van der Waals surface area contributed by atoms with Gasteiger partial charge in [0.25, 0.3) is 0 Å². The third kappa shape index (κ3) is 3.15. The highest BCUT2D eigenvalue weighted by Gasteiger charge is 2.54. The maximum atomic E-state index is 12.6. The van der Waals surface area contributed by atoms with Crippen LogP contribution in [-0.2, 0) is 14.3 Å². The number of hydrogen-bond acceptors (Lipinski definition) is 5. The fourth-order valence-electron chi connectivity index (χ4n) is 4.92. The van der Waals surface area contributed by atoms with E-state index < -0.39 is 12.1 Å². The van der Waals surface area contributed by atoms with E-state index in [0.717, 1.165) is 24.8 Å². The molecule has 0 aromatic carbocycles. The average molecular weight is 422 g/mol. The lowest BCUT2D eigenvalue weighted by molar-refractivity contribution is -0.142. The van der Waals surface area contributed by atoms with Crippen LogP contribution in [0, 0.1) is 17.3 Å². The van der Waals surface area contributed by atoms with E-state index in [-0.39, 0.29) is 45.1 Å². The number of esters is 2. The molecule has 1 saturated heterocycles. The molecule has 5 nitrogen and oxygen atoms in total. The Kier molecular flexibility index (Phi) is 4.79. The number of nitrogens with zero attached hydrogens (tertiary/aromatic N) is 1. The van der Waals surface area contributed by atoms with Crippen molar-refractivity contribution < 1.29 is 19.1 Å². The van der Waals surface area contributed by atoms with Gasteiger partial charge in [-0.25, -0.2) is 14.6 Å². The monoisotopic (exact) mass is 421 g/mol. The molecule has 3 aliphatic rings. The number of rotatable bonds is 2. The fourth-order valence-corrected chi connectivity index (χ4v) is 5.36. The first kappa shape index (κ1) is 19.5. The Morgan fingerprint density at radius 2 is 2.14 bits per heavy atom. The molecule has 0 spiro atoms. The molecule has 1 aromatic heterocycles. The third-order valence-corrected chi connectivity index (χ3v) is 7.06. The number of carbonyl (C=O) groups excluding carboxylic acids is 2. The topological polar surface area (TPSA) is 65.5 Å². The molecule has 2 aliphatic carbocycles. The molecule has 1 aliphatic heterocycles. The van der Waals surface area contributed by atoms with Gasteiger partial charge in [0.15, 0.2) is 0 Å². The van der Waals surface area contributed by atoms with E-state index in [2.05, 4.69) is 25.1 Å². The number of ether oxygens (including phenoxy) is 2. The van der Waals surface area contributed by atoms with Crippen LogP contribution in [0.2, 0.25) is 10.2 Å². The zero-order valence-corrected chi connectivity index (χ0v) is 17.1. The van der Waals surface area contributed by atoms with Crippen LogP contribution in [0.25, 0.3) is 0 Å². The molecule has 4 rings (SSSR count). The summed E-state index contributed by atoms with van der Waals surface area (Å²) in [6, 6.07) is 1.41. The quantitative estimate of drug-likeness (QED) is 0.297. The molecule has 5 atom stereocenters. The van der Waals surface area contributed by atoms with Crippen molar-refractivity contribution in [3.63, 3.8) is 0 Å². The third-order valence-electron chi connectivity index (χ3n) is 6.54. The molecule has 2 saturated carbocycles. The predicted molar refractivity (Wildman–Crippen MR) is 105 cm³/mol. The lowest BCUT2D eigenvalue weighted by atomic mass is 9.55. The van der Waals surface area contributed by atoms with Crippen LogP contribution in [0.15, 0.2) is 36.6 Å². The SMILES string of the molecule is C=C1C(=O)O[C@@H]2C[C@@]3(C)CC[C@@H](OC(=O)c4cnc(Cl)cc4Cl)C(=C)[C@@H]3C[C@H]12. The lowest BCUT2D eigenvalue weighted by Gasteiger charge is -2.51. The largest absolute Gasteiger partial charge is 0.458 e. The van der Waals surface area contributed by atoms with Crippen LogP contribution < -0.4 is 0 Å². The van der Waals surface area contributed by atoms with Crippen molar-refractivity contribution in [1.82, 2.24) is 4.98 Å². The summed E-state index contributed by atoms with van der Waals surface area (Å²) < 4.78 is 11.3. The van der Waals surface area contributed by atoms with E-state index in [1.165, 1.54) is 12.3 Å². The van der Waals surface area contributed by atoms with Crippen molar-refractivity contribution in [2.24, 2.45) is 17.3 Å². The van der Waals surface area contributed by atoms with Crippen LogP contribution in [0.3, 0.4) is 0 Å². The zero-order valence-electron chi connectivity index (χ0n) is 15.5. The van der Waals surface area contributed by atoms with Crippen molar-refractivity contribution in [2.75, 3.05) is 0 Å². The summed E-state index contributed by atoms with van der Waals surface area (Å²) in [5.74, 6) is -0.700. The highest BCUT2D eigenvalue weighted by Crippen LogP contribution is 2.57. The first-order valence-corrected chi connectivity index (χ1v) is 10.1. The summed E-state index contributed by atoms with van der Waals surface area (Å²) >= 11 is 11.9. The first-order chi connectivity index (χ1) is 13.2. The summed E-state index contributed by atoms with van der Waals surface area (Å²) in [6.07, 6.45) is 3.85. The van der Waals surface area contributed by atoms with Crippen LogP contribution in [-0.4, -0.2) is 29.1 Å². The number of pyridine rings is 1. The Bertz CT molecular complexity index is 898. The lowest BCUT2D eigenvalue weighted by Crippen LogP contribution is -2.47. The molecule has 1 aromatic rings. The van der Waals surface area contributed by atoms with Gasteiger partial charge in [-0.1, -0.05) is 43.3 Å². The van der Waals surface area contributed by atoms with Crippen LogP contribution in [0.1, 0.15) is 43.0 Å². The summed E-state index contributed by atoms with van der Waals surface area (Å²) in [5.41, 5.74) is 1.56. The van der Waals surface area contributed by atoms with Gasteiger partial charge in [-0.2, -0.15) is 0 Å². The molecule has 0 amide bonds. The number of aromatic nitrogens is 1. The van der Waals surface area contributed by atoms with E-state index in [4.69, 9.17) is 32.7 Å². The molecule has 7 heteroatoms. The predicted octanol–water partition coefficient (Wildman–Crippen LogP) is 4.78. The Morgan fingerprint density at radius 1 is 1.39 bits per heavy atom. The Morgan fingerprint density at radius 3 is 2.86 bits per heavy atom. The van der Waals surface area contributed by atoms with Crippen molar-refractivity contribution in [3.8, 4) is 0 Å². The number of hydrogen-bond donors (Lipinski definition) is 0. The second kappa shape index (κ2) is 6.89. The van der Waals surface area contributed by atoms with E-state index in [1.54, 1.807) is 0 Å². The van der Waals surface area contributed by atoms with E-state index in [0.29, 0.717) is 12.0 Å². The zero-order chi connectivity index (χ0) is 20.2. The summed E-state index contributed by atoms with van der Waals surface area (Å²) in [6.45, 7) is 10.4. The van der Waals surface area contributed by atoms with Gasteiger partial charge in [0.05, 0.1) is 10.6 Å². The molecule has 3 fully saturated rings. The highest BCUT2D eigenvalue weighted by molar-refractivity contribution is 6.36. The smallest absolute Gasteiger partial charge is 0.341 e. The number of carbonyl (C=O) groups is 2. The van der Waals surface area contributed by atoms with Crippen molar-refractivity contribution in [2.45, 2.75) is 44.8 Å². The number of halogens is 2. The normalized spacial score (nSPS) is 34.5. The summed E-state index contributed by atoms with van der Waals surface area (Å²) in [5, 5.41) is 0.416. The van der Waals surface area contributed by atoms with Crippen molar-refractivity contribution in [1.29, 1.82) is 0 Å². The average Bonchev–Trinajstić information content (AvgIpc) is 2.89. The van der Waals surface area contributed by atoms with Crippen LogP contribution in [0.4, 0.5) is 0 Å². The second-order valence-corrected chi connectivity index (χ2v) is 9.01. The van der Waals surface area contributed by atoms with Crippen molar-refractivity contribution >= 4 is 35.1 Å². The van der Waals surface area contributed by atoms with Gasteiger partial charge in [0.2, 0.25) is 0 Å². The fraction of sp³-hybridized carbons (Fsp3) is 0.476. The minimum Gasteiger partial charge on any atom is -0.458 e.